The number of hydrogen-bond donors (Lipinski definition) is 1. The molecule has 2 aromatic rings. The molecule has 2 rings (SSSR count). The number of methoxy groups -OCH3 is 1. The highest BCUT2D eigenvalue weighted by molar-refractivity contribution is 5.73. The zero-order chi connectivity index (χ0) is 14.0. The van der Waals surface area contributed by atoms with Crippen LogP contribution in [0.3, 0.4) is 0 Å². The Morgan fingerprint density at radius 2 is 1.58 bits per heavy atom. The van der Waals surface area contributed by atoms with Crippen molar-refractivity contribution < 1.29 is 9.84 Å². The standard InChI is InChI=1S/C17H20O2/c1-17(2,3)13-10-8-12(9-11-13)14-6-5-7-15(19-4)16(14)18/h5-11,18H,1-4H3. The third kappa shape index (κ3) is 2.73. The largest absolute Gasteiger partial charge is 0.504 e. The molecule has 0 unspecified atom stereocenters. The summed E-state index contributed by atoms with van der Waals surface area (Å²) in [6.07, 6.45) is 0. The van der Waals surface area contributed by atoms with Crippen LogP contribution in [0, 0.1) is 0 Å². The van der Waals surface area contributed by atoms with Gasteiger partial charge in [0, 0.05) is 5.56 Å². The van der Waals surface area contributed by atoms with Gasteiger partial charge in [-0.3, -0.25) is 0 Å². The van der Waals surface area contributed by atoms with Gasteiger partial charge in [-0.2, -0.15) is 0 Å². The topological polar surface area (TPSA) is 29.5 Å². The number of aromatic hydroxyl groups is 1. The minimum absolute atomic E-state index is 0.134. The highest BCUT2D eigenvalue weighted by atomic mass is 16.5. The van der Waals surface area contributed by atoms with Crippen LogP contribution < -0.4 is 4.74 Å². The second-order valence-corrected chi connectivity index (χ2v) is 5.68. The van der Waals surface area contributed by atoms with Gasteiger partial charge in [0.25, 0.3) is 0 Å². The van der Waals surface area contributed by atoms with Crippen LogP contribution in [-0.2, 0) is 5.41 Å². The monoisotopic (exact) mass is 256 g/mol. The molecule has 0 heterocycles. The van der Waals surface area contributed by atoms with Crippen molar-refractivity contribution in [3.8, 4) is 22.6 Å². The van der Waals surface area contributed by atoms with Gasteiger partial charge in [0.2, 0.25) is 0 Å². The predicted octanol–water partition coefficient (Wildman–Crippen LogP) is 4.37. The molecule has 0 radical (unpaired) electrons. The van der Waals surface area contributed by atoms with Crippen molar-refractivity contribution in [3.05, 3.63) is 48.0 Å². The molecular weight excluding hydrogens is 236 g/mol. The molecular formula is C17H20O2. The lowest BCUT2D eigenvalue weighted by atomic mass is 9.86. The lowest BCUT2D eigenvalue weighted by molar-refractivity contribution is 0.374. The summed E-state index contributed by atoms with van der Waals surface area (Å²) in [6.45, 7) is 6.56. The quantitative estimate of drug-likeness (QED) is 0.864. The molecule has 0 aliphatic carbocycles. The summed E-state index contributed by atoms with van der Waals surface area (Å²) in [6, 6.07) is 13.8. The van der Waals surface area contributed by atoms with E-state index in [2.05, 4.69) is 32.9 Å². The maximum Gasteiger partial charge on any atom is 0.165 e. The number of hydrogen-bond acceptors (Lipinski definition) is 2. The van der Waals surface area contributed by atoms with Gasteiger partial charge in [-0.25, -0.2) is 0 Å². The van der Waals surface area contributed by atoms with E-state index in [1.54, 1.807) is 13.2 Å². The van der Waals surface area contributed by atoms with E-state index in [1.807, 2.05) is 24.3 Å². The van der Waals surface area contributed by atoms with Crippen molar-refractivity contribution in [2.45, 2.75) is 26.2 Å². The molecule has 0 fully saturated rings. The van der Waals surface area contributed by atoms with Gasteiger partial charge in [-0.1, -0.05) is 57.2 Å². The third-order valence-corrected chi connectivity index (χ3v) is 3.28. The number of phenols is 1. The average Bonchev–Trinajstić information content (AvgIpc) is 2.38. The Morgan fingerprint density at radius 1 is 0.947 bits per heavy atom. The fraction of sp³-hybridized carbons (Fsp3) is 0.294. The SMILES string of the molecule is COc1cccc(-c2ccc(C(C)(C)C)cc2)c1O. The molecule has 2 heteroatoms. The van der Waals surface area contributed by atoms with E-state index in [0.717, 1.165) is 11.1 Å². The first-order chi connectivity index (χ1) is 8.93. The molecule has 0 aromatic heterocycles. The summed E-state index contributed by atoms with van der Waals surface area (Å²) in [7, 11) is 1.56. The Labute approximate surface area is 114 Å². The van der Waals surface area contributed by atoms with E-state index in [-0.39, 0.29) is 11.2 Å². The van der Waals surface area contributed by atoms with E-state index in [4.69, 9.17) is 4.74 Å². The van der Waals surface area contributed by atoms with Gasteiger partial charge >= 0.3 is 0 Å². The zero-order valence-electron chi connectivity index (χ0n) is 11.9. The Morgan fingerprint density at radius 3 is 2.11 bits per heavy atom. The molecule has 1 N–H and O–H groups in total. The van der Waals surface area contributed by atoms with Crippen LogP contribution in [0.5, 0.6) is 11.5 Å². The minimum atomic E-state index is 0.134. The fourth-order valence-electron chi connectivity index (χ4n) is 2.07. The van der Waals surface area contributed by atoms with Crippen molar-refractivity contribution in [3.63, 3.8) is 0 Å². The van der Waals surface area contributed by atoms with Crippen molar-refractivity contribution in [2.24, 2.45) is 0 Å². The van der Waals surface area contributed by atoms with Gasteiger partial charge in [0.15, 0.2) is 11.5 Å². The van der Waals surface area contributed by atoms with E-state index in [1.165, 1.54) is 5.56 Å². The lowest BCUT2D eigenvalue weighted by Gasteiger charge is -2.19. The molecule has 0 saturated heterocycles. The van der Waals surface area contributed by atoms with Crippen LogP contribution in [0.15, 0.2) is 42.5 Å². The average molecular weight is 256 g/mol. The normalized spacial score (nSPS) is 11.4. The Hall–Kier alpha value is -1.96. The first-order valence-electron chi connectivity index (χ1n) is 6.40. The molecule has 100 valence electrons. The second kappa shape index (κ2) is 4.96. The van der Waals surface area contributed by atoms with Crippen molar-refractivity contribution in [2.75, 3.05) is 7.11 Å². The number of para-hydroxylation sites is 1. The molecule has 19 heavy (non-hydrogen) atoms. The first-order valence-corrected chi connectivity index (χ1v) is 6.40. The first kappa shape index (κ1) is 13.5. The van der Waals surface area contributed by atoms with Gasteiger partial charge < -0.3 is 9.84 Å². The zero-order valence-corrected chi connectivity index (χ0v) is 11.9. The molecule has 0 saturated carbocycles. The molecule has 0 amide bonds. The van der Waals surface area contributed by atoms with Crippen LogP contribution in [0.4, 0.5) is 0 Å². The summed E-state index contributed by atoms with van der Waals surface area (Å²) < 4.78 is 5.14. The van der Waals surface area contributed by atoms with Crippen molar-refractivity contribution >= 4 is 0 Å². The summed E-state index contributed by atoms with van der Waals surface area (Å²) in [5.74, 6) is 0.686. The van der Waals surface area contributed by atoms with Crippen LogP contribution in [-0.4, -0.2) is 12.2 Å². The highest BCUT2D eigenvalue weighted by Gasteiger charge is 2.14. The molecule has 2 nitrogen and oxygen atoms in total. The number of ether oxygens (including phenoxy) is 1. The summed E-state index contributed by atoms with van der Waals surface area (Å²) >= 11 is 0. The number of phenolic OH excluding ortho intramolecular Hbond substituents is 1. The maximum absolute atomic E-state index is 10.1. The van der Waals surface area contributed by atoms with E-state index in [9.17, 15) is 5.11 Å². The van der Waals surface area contributed by atoms with E-state index < -0.39 is 0 Å². The smallest absolute Gasteiger partial charge is 0.165 e. The van der Waals surface area contributed by atoms with Gasteiger partial charge in [-0.15, -0.1) is 0 Å². The molecule has 0 atom stereocenters. The minimum Gasteiger partial charge on any atom is -0.504 e. The third-order valence-electron chi connectivity index (χ3n) is 3.28. The van der Waals surface area contributed by atoms with Gasteiger partial charge in [0.1, 0.15) is 0 Å². The molecule has 0 spiro atoms. The van der Waals surface area contributed by atoms with Crippen LogP contribution >= 0.6 is 0 Å². The summed E-state index contributed by atoms with van der Waals surface area (Å²) in [5, 5.41) is 10.1. The number of rotatable bonds is 2. The van der Waals surface area contributed by atoms with Crippen LogP contribution in [0.1, 0.15) is 26.3 Å². The Bertz CT molecular complexity index is 563. The summed E-state index contributed by atoms with van der Waals surface area (Å²) in [4.78, 5) is 0. The van der Waals surface area contributed by atoms with Gasteiger partial charge in [0.05, 0.1) is 7.11 Å². The second-order valence-electron chi connectivity index (χ2n) is 5.68. The van der Waals surface area contributed by atoms with Crippen molar-refractivity contribution in [1.82, 2.24) is 0 Å². The maximum atomic E-state index is 10.1. The fourth-order valence-corrected chi connectivity index (χ4v) is 2.07. The lowest BCUT2D eigenvalue weighted by Crippen LogP contribution is -2.10. The van der Waals surface area contributed by atoms with Crippen LogP contribution in [0.25, 0.3) is 11.1 Å². The van der Waals surface area contributed by atoms with E-state index in [0.29, 0.717) is 5.75 Å². The molecule has 0 aliphatic rings. The predicted molar refractivity (Wildman–Crippen MR) is 78.8 cm³/mol. The highest BCUT2D eigenvalue weighted by Crippen LogP contribution is 2.37. The van der Waals surface area contributed by atoms with Crippen molar-refractivity contribution in [1.29, 1.82) is 0 Å². The number of benzene rings is 2. The molecule has 0 bridgehead atoms. The molecule has 2 aromatic carbocycles. The van der Waals surface area contributed by atoms with Gasteiger partial charge in [-0.05, 0) is 22.6 Å². The van der Waals surface area contributed by atoms with E-state index >= 15 is 0 Å². The van der Waals surface area contributed by atoms with Crippen LogP contribution in [0.2, 0.25) is 0 Å². The molecule has 0 aliphatic heterocycles. The Balaban J connectivity index is 2.43. The summed E-state index contributed by atoms with van der Waals surface area (Å²) in [5.41, 5.74) is 3.19. The Kier molecular flexibility index (Phi) is 3.52.